The molecule has 106 valence electrons. The molecule has 0 saturated carbocycles. The Morgan fingerprint density at radius 1 is 1.15 bits per heavy atom. The van der Waals surface area contributed by atoms with Gasteiger partial charge < -0.3 is 4.90 Å². The Labute approximate surface area is 129 Å². The molecule has 0 fully saturated rings. The van der Waals surface area contributed by atoms with Crippen LogP contribution in [0.5, 0.6) is 0 Å². The zero-order valence-electron chi connectivity index (χ0n) is 11.4. The van der Waals surface area contributed by atoms with Gasteiger partial charge in [0.25, 0.3) is 0 Å². The third-order valence-electron chi connectivity index (χ3n) is 3.15. The Morgan fingerprint density at radius 3 is 2.50 bits per heavy atom. The van der Waals surface area contributed by atoms with E-state index in [4.69, 9.17) is 0 Å². The van der Waals surface area contributed by atoms with Gasteiger partial charge in [0, 0.05) is 24.2 Å². The highest BCUT2D eigenvalue weighted by molar-refractivity contribution is 8.93. The summed E-state index contributed by atoms with van der Waals surface area (Å²) >= 11 is 0. The van der Waals surface area contributed by atoms with Crippen molar-refractivity contribution in [1.29, 1.82) is 0 Å². The highest BCUT2D eigenvalue weighted by Crippen LogP contribution is 2.12. The maximum Gasteiger partial charge on any atom is 0.170 e. The summed E-state index contributed by atoms with van der Waals surface area (Å²) in [6.07, 6.45) is 5.55. The molecule has 0 bridgehead atoms. The molecule has 4 heteroatoms. The molecular weight excluding hydrogens is 318 g/mol. The van der Waals surface area contributed by atoms with Crippen LogP contribution < -0.4 is 0 Å². The van der Waals surface area contributed by atoms with Crippen molar-refractivity contribution in [2.24, 2.45) is 0 Å². The van der Waals surface area contributed by atoms with Crippen LogP contribution in [0.3, 0.4) is 0 Å². The summed E-state index contributed by atoms with van der Waals surface area (Å²) in [4.78, 5) is 26.1. The van der Waals surface area contributed by atoms with E-state index in [0.29, 0.717) is 17.7 Å². The van der Waals surface area contributed by atoms with Gasteiger partial charge >= 0.3 is 0 Å². The van der Waals surface area contributed by atoms with Crippen LogP contribution in [0.1, 0.15) is 23.7 Å². The van der Waals surface area contributed by atoms with Gasteiger partial charge in [0.2, 0.25) is 0 Å². The SMILES string of the molecule is Br.CCN1C=CC=C(C(=O)CC(=O)c2ccccc2)C1. The molecule has 0 aromatic heterocycles. The zero-order valence-corrected chi connectivity index (χ0v) is 13.1. The number of Topliss-reactive ketones (excluding diaryl/α,β-unsaturated/α-hetero) is 2. The summed E-state index contributed by atoms with van der Waals surface area (Å²) < 4.78 is 0. The first-order valence-corrected chi connectivity index (χ1v) is 6.43. The van der Waals surface area contributed by atoms with Gasteiger partial charge in [-0.3, -0.25) is 9.59 Å². The minimum absolute atomic E-state index is 0. The summed E-state index contributed by atoms with van der Waals surface area (Å²) in [6, 6.07) is 8.94. The summed E-state index contributed by atoms with van der Waals surface area (Å²) in [5, 5.41) is 0. The molecule has 0 radical (unpaired) electrons. The van der Waals surface area contributed by atoms with E-state index in [1.807, 2.05) is 30.2 Å². The van der Waals surface area contributed by atoms with Gasteiger partial charge in [-0.2, -0.15) is 0 Å². The van der Waals surface area contributed by atoms with Crippen molar-refractivity contribution in [3.8, 4) is 0 Å². The van der Waals surface area contributed by atoms with E-state index in [0.717, 1.165) is 6.54 Å². The number of rotatable bonds is 5. The molecule has 1 aromatic carbocycles. The number of carbonyl (C=O) groups is 2. The van der Waals surface area contributed by atoms with Crippen LogP contribution in [-0.2, 0) is 4.79 Å². The van der Waals surface area contributed by atoms with E-state index in [1.54, 1.807) is 30.3 Å². The second-order valence-electron chi connectivity index (χ2n) is 4.49. The number of nitrogens with zero attached hydrogens (tertiary/aromatic N) is 1. The highest BCUT2D eigenvalue weighted by atomic mass is 79.9. The maximum absolute atomic E-state index is 12.1. The maximum atomic E-state index is 12.1. The lowest BCUT2D eigenvalue weighted by Gasteiger charge is -2.22. The molecule has 0 spiro atoms. The molecule has 0 amide bonds. The second kappa shape index (κ2) is 7.80. The Hall–Kier alpha value is -1.68. The average molecular weight is 336 g/mol. The van der Waals surface area contributed by atoms with Gasteiger partial charge in [0.15, 0.2) is 11.6 Å². The molecule has 1 aliphatic heterocycles. The Bertz CT molecular complexity index is 535. The van der Waals surface area contributed by atoms with Crippen LogP contribution in [0.4, 0.5) is 0 Å². The smallest absolute Gasteiger partial charge is 0.170 e. The van der Waals surface area contributed by atoms with E-state index in [-0.39, 0.29) is 35.0 Å². The molecule has 0 N–H and O–H groups in total. The predicted octanol–water partition coefficient (Wildman–Crippen LogP) is 3.18. The predicted molar refractivity (Wildman–Crippen MR) is 85.2 cm³/mol. The van der Waals surface area contributed by atoms with Crippen LogP contribution in [0.2, 0.25) is 0 Å². The molecule has 0 atom stereocenters. The minimum Gasteiger partial charge on any atom is -0.373 e. The van der Waals surface area contributed by atoms with Crippen LogP contribution >= 0.6 is 17.0 Å². The number of hydrogen-bond acceptors (Lipinski definition) is 3. The first-order valence-electron chi connectivity index (χ1n) is 6.43. The molecule has 0 unspecified atom stereocenters. The Balaban J connectivity index is 0.00000200. The number of likely N-dealkylation sites (N-methyl/N-ethyl adjacent to an activating group) is 1. The van der Waals surface area contributed by atoms with Crippen LogP contribution in [0, 0.1) is 0 Å². The summed E-state index contributed by atoms with van der Waals surface area (Å²) in [5.74, 6) is -0.208. The van der Waals surface area contributed by atoms with Crippen molar-refractivity contribution in [3.05, 3.63) is 59.8 Å². The van der Waals surface area contributed by atoms with Crippen molar-refractivity contribution in [3.63, 3.8) is 0 Å². The summed E-state index contributed by atoms with van der Waals surface area (Å²) in [6.45, 7) is 3.48. The fraction of sp³-hybridized carbons (Fsp3) is 0.250. The summed E-state index contributed by atoms with van der Waals surface area (Å²) in [7, 11) is 0. The fourth-order valence-corrected chi connectivity index (χ4v) is 1.99. The van der Waals surface area contributed by atoms with Gasteiger partial charge in [-0.15, -0.1) is 17.0 Å². The molecule has 20 heavy (non-hydrogen) atoms. The number of hydrogen-bond donors (Lipinski definition) is 0. The van der Waals surface area contributed by atoms with E-state index in [1.165, 1.54) is 0 Å². The zero-order chi connectivity index (χ0) is 13.7. The van der Waals surface area contributed by atoms with Crippen molar-refractivity contribution >= 4 is 28.5 Å². The quantitative estimate of drug-likeness (QED) is 0.612. The first kappa shape index (κ1) is 16.4. The van der Waals surface area contributed by atoms with Crippen molar-refractivity contribution in [2.45, 2.75) is 13.3 Å². The standard InChI is InChI=1S/C16H17NO2.BrH/c1-2-17-10-6-9-14(12-17)16(19)11-15(18)13-7-4-3-5-8-13;/h3-10H,2,11-12H2,1H3;1H. The van der Waals surface area contributed by atoms with Crippen molar-refractivity contribution in [2.75, 3.05) is 13.1 Å². The van der Waals surface area contributed by atoms with Gasteiger partial charge in [-0.1, -0.05) is 36.4 Å². The molecular formula is C16H18BrNO2. The first-order chi connectivity index (χ1) is 9.20. The fourth-order valence-electron chi connectivity index (χ4n) is 1.99. The molecule has 0 aliphatic carbocycles. The lowest BCUT2D eigenvalue weighted by molar-refractivity contribution is -0.115. The van der Waals surface area contributed by atoms with Crippen molar-refractivity contribution < 1.29 is 9.59 Å². The van der Waals surface area contributed by atoms with Gasteiger partial charge in [-0.05, 0) is 19.2 Å². The largest absolute Gasteiger partial charge is 0.373 e. The van der Waals surface area contributed by atoms with Crippen LogP contribution in [0.15, 0.2) is 54.3 Å². The van der Waals surface area contributed by atoms with Crippen LogP contribution in [-0.4, -0.2) is 29.6 Å². The van der Waals surface area contributed by atoms with Gasteiger partial charge in [0.05, 0.1) is 6.42 Å². The monoisotopic (exact) mass is 335 g/mol. The number of benzene rings is 1. The normalized spacial score (nSPS) is 13.4. The third-order valence-corrected chi connectivity index (χ3v) is 3.15. The second-order valence-corrected chi connectivity index (χ2v) is 4.49. The topological polar surface area (TPSA) is 37.4 Å². The van der Waals surface area contributed by atoms with Gasteiger partial charge in [-0.25, -0.2) is 0 Å². The van der Waals surface area contributed by atoms with Crippen molar-refractivity contribution in [1.82, 2.24) is 4.90 Å². The Morgan fingerprint density at radius 2 is 1.85 bits per heavy atom. The van der Waals surface area contributed by atoms with Crippen LogP contribution in [0.25, 0.3) is 0 Å². The number of halogens is 1. The van der Waals surface area contributed by atoms with E-state index < -0.39 is 0 Å². The number of carbonyl (C=O) groups excluding carboxylic acids is 2. The highest BCUT2D eigenvalue weighted by Gasteiger charge is 2.17. The van der Waals surface area contributed by atoms with E-state index in [2.05, 4.69) is 0 Å². The minimum atomic E-state index is -0.121. The number of ketones is 2. The van der Waals surface area contributed by atoms with Gasteiger partial charge in [0.1, 0.15) is 0 Å². The molecule has 3 nitrogen and oxygen atoms in total. The molecule has 1 heterocycles. The average Bonchev–Trinajstić information content (AvgIpc) is 2.48. The summed E-state index contributed by atoms with van der Waals surface area (Å²) in [5.41, 5.74) is 1.30. The molecule has 2 rings (SSSR count). The third kappa shape index (κ3) is 4.17. The molecule has 0 saturated heterocycles. The molecule has 1 aliphatic rings. The van der Waals surface area contributed by atoms with E-state index in [9.17, 15) is 9.59 Å². The Kier molecular flexibility index (Phi) is 6.39. The molecule has 1 aromatic rings. The number of allylic oxidation sites excluding steroid dienone is 2. The lowest BCUT2D eigenvalue weighted by atomic mass is 10.00. The lowest BCUT2D eigenvalue weighted by Crippen LogP contribution is -2.26. The van der Waals surface area contributed by atoms with E-state index >= 15 is 0 Å².